The van der Waals surface area contributed by atoms with Crippen LogP contribution in [-0.4, -0.2) is 15.9 Å². The number of hydrogen-bond donors (Lipinski definition) is 2. The second-order valence-corrected chi connectivity index (χ2v) is 7.60. The first-order valence-electron chi connectivity index (χ1n) is 10.0. The van der Waals surface area contributed by atoms with Gasteiger partial charge in [0.15, 0.2) is 0 Å². The Morgan fingerprint density at radius 1 is 0.969 bits per heavy atom. The number of halogens is 1. The number of nitrogens with zero attached hydrogens (tertiary/aromatic N) is 1. The van der Waals surface area contributed by atoms with Gasteiger partial charge in [-0.25, -0.2) is 4.98 Å². The Morgan fingerprint density at radius 2 is 1.78 bits per heavy atom. The highest BCUT2D eigenvalue weighted by molar-refractivity contribution is 6.33. The summed E-state index contributed by atoms with van der Waals surface area (Å²) in [4.78, 5) is 20.3. The summed E-state index contributed by atoms with van der Waals surface area (Å²) in [6, 6.07) is 26.5. The fourth-order valence-corrected chi connectivity index (χ4v) is 3.61. The van der Waals surface area contributed by atoms with Crippen LogP contribution in [0.25, 0.3) is 39.8 Å². The van der Waals surface area contributed by atoms with Crippen molar-refractivity contribution < 1.29 is 9.21 Å². The van der Waals surface area contributed by atoms with Crippen LogP contribution in [0.1, 0.15) is 5.76 Å². The molecular weight excluding hydrogens is 422 g/mol. The van der Waals surface area contributed by atoms with Crippen molar-refractivity contribution in [2.75, 3.05) is 5.32 Å². The van der Waals surface area contributed by atoms with Gasteiger partial charge < -0.3 is 14.7 Å². The topological polar surface area (TPSA) is 70.9 Å². The molecule has 0 atom stereocenters. The molecule has 32 heavy (non-hydrogen) atoms. The van der Waals surface area contributed by atoms with E-state index in [1.807, 2.05) is 66.7 Å². The minimum Gasteiger partial charge on any atom is -0.457 e. The maximum absolute atomic E-state index is 12.4. The number of hydrogen-bond acceptors (Lipinski definition) is 3. The van der Waals surface area contributed by atoms with Gasteiger partial charge in [-0.05, 0) is 48.5 Å². The molecule has 2 aromatic heterocycles. The van der Waals surface area contributed by atoms with Crippen LogP contribution in [0.5, 0.6) is 0 Å². The Labute approximate surface area is 189 Å². The molecule has 0 aliphatic heterocycles. The molecule has 0 fully saturated rings. The average Bonchev–Trinajstić information content (AvgIpc) is 3.47. The Bertz CT molecular complexity index is 1400. The van der Waals surface area contributed by atoms with E-state index in [9.17, 15) is 4.79 Å². The van der Waals surface area contributed by atoms with Crippen LogP contribution in [0.3, 0.4) is 0 Å². The minimum atomic E-state index is -0.277. The summed E-state index contributed by atoms with van der Waals surface area (Å²) >= 11 is 6.39. The first-order chi connectivity index (χ1) is 15.7. The predicted octanol–water partition coefficient (Wildman–Crippen LogP) is 6.80. The van der Waals surface area contributed by atoms with Gasteiger partial charge in [-0.3, -0.25) is 4.79 Å². The van der Waals surface area contributed by atoms with Crippen molar-refractivity contribution in [1.82, 2.24) is 9.97 Å². The first kappa shape index (κ1) is 19.8. The summed E-state index contributed by atoms with van der Waals surface area (Å²) < 4.78 is 5.80. The SMILES string of the molecule is O=C(/C=C/c1ccc(-c2ccccc2)o1)Nc1ccc(Cl)c(-c2nc3ccccc3[nH]2)c1. The number of nitrogens with one attached hydrogen (secondary N) is 2. The summed E-state index contributed by atoms with van der Waals surface area (Å²) in [6.07, 6.45) is 3.07. The average molecular weight is 440 g/mol. The van der Waals surface area contributed by atoms with E-state index >= 15 is 0 Å². The van der Waals surface area contributed by atoms with Gasteiger partial charge in [-0.15, -0.1) is 0 Å². The monoisotopic (exact) mass is 439 g/mol. The molecule has 0 saturated carbocycles. The summed E-state index contributed by atoms with van der Waals surface area (Å²) in [7, 11) is 0. The fourth-order valence-electron chi connectivity index (χ4n) is 3.41. The van der Waals surface area contributed by atoms with E-state index in [0.29, 0.717) is 27.9 Å². The van der Waals surface area contributed by atoms with Crippen molar-refractivity contribution in [2.24, 2.45) is 0 Å². The number of aromatic amines is 1. The quantitative estimate of drug-likeness (QED) is 0.296. The maximum atomic E-state index is 12.4. The lowest BCUT2D eigenvalue weighted by Crippen LogP contribution is -2.07. The van der Waals surface area contributed by atoms with Gasteiger partial charge in [-0.1, -0.05) is 54.1 Å². The van der Waals surface area contributed by atoms with Crippen molar-refractivity contribution in [3.05, 3.63) is 102 Å². The Balaban J connectivity index is 1.31. The lowest BCUT2D eigenvalue weighted by Gasteiger charge is -2.06. The molecule has 5 aromatic rings. The second-order valence-electron chi connectivity index (χ2n) is 7.19. The molecule has 0 spiro atoms. The smallest absolute Gasteiger partial charge is 0.248 e. The molecule has 6 heteroatoms. The van der Waals surface area contributed by atoms with E-state index in [1.165, 1.54) is 6.08 Å². The van der Waals surface area contributed by atoms with Gasteiger partial charge in [0, 0.05) is 22.9 Å². The molecule has 3 aromatic carbocycles. The van der Waals surface area contributed by atoms with Crippen LogP contribution in [0, 0.1) is 0 Å². The standard InChI is InChI=1S/C26H18ClN3O2/c27-21-13-10-18(16-20(21)26-29-22-8-4-5-9-23(22)30-26)28-25(31)15-12-19-11-14-24(32-19)17-6-2-1-3-7-17/h1-16H,(H,28,31)(H,29,30)/b15-12+. The zero-order valence-corrected chi connectivity index (χ0v) is 17.6. The van der Waals surface area contributed by atoms with Crippen molar-refractivity contribution in [1.29, 1.82) is 0 Å². The predicted molar refractivity (Wildman–Crippen MR) is 128 cm³/mol. The minimum absolute atomic E-state index is 0.277. The Hall–Kier alpha value is -4.09. The summed E-state index contributed by atoms with van der Waals surface area (Å²) in [6.45, 7) is 0. The summed E-state index contributed by atoms with van der Waals surface area (Å²) in [5.41, 5.74) is 4.08. The van der Waals surface area contributed by atoms with Crippen molar-refractivity contribution in [2.45, 2.75) is 0 Å². The summed E-state index contributed by atoms with van der Waals surface area (Å²) in [5.74, 6) is 1.71. The number of aromatic nitrogens is 2. The number of amides is 1. The van der Waals surface area contributed by atoms with Gasteiger partial charge in [0.25, 0.3) is 0 Å². The number of benzene rings is 3. The second kappa shape index (κ2) is 8.57. The number of imidazole rings is 1. The van der Waals surface area contributed by atoms with Gasteiger partial charge >= 0.3 is 0 Å². The molecule has 2 heterocycles. The van der Waals surface area contributed by atoms with Gasteiger partial charge in [-0.2, -0.15) is 0 Å². The van der Waals surface area contributed by atoms with E-state index < -0.39 is 0 Å². The molecule has 0 unspecified atom stereocenters. The number of anilines is 1. The first-order valence-corrected chi connectivity index (χ1v) is 10.4. The zero-order valence-electron chi connectivity index (χ0n) is 16.9. The number of rotatable bonds is 5. The highest BCUT2D eigenvalue weighted by Crippen LogP contribution is 2.30. The van der Waals surface area contributed by atoms with Crippen LogP contribution in [0.2, 0.25) is 5.02 Å². The third-order valence-electron chi connectivity index (χ3n) is 4.96. The van der Waals surface area contributed by atoms with Crippen LogP contribution in [0.4, 0.5) is 5.69 Å². The number of furan rings is 1. The zero-order chi connectivity index (χ0) is 21.9. The lowest BCUT2D eigenvalue weighted by molar-refractivity contribution is -0.111. The van der Waals surface area contributed by atoms with Crippen LogP contribution in [0.15, 0.2) is 95.4 Å². The van der Waals surface area contributed by atoms with Gasteiger partial charge in [0.2, 0.25) is 5.91 Å². The van der Waals surface area contributed by atoms with Crippen molar-refractivity contribution in [3.8, 4) is 22.7 Å². The van der Waals surface area contributed by atoms with E-state index in [4.69, 9.17) is 16.0 Å². The number of fused-ring (bicyclic) bond motifs is 1. The molecule has 0 aliphatic carbocycles. The third kappa shape index (κ3) is 4.19. The van der Waals surface area contributed by atoms with E-state index in [2.05, 4.69) is 15.3 Å². The normalized spacial score (nSPS) is 11.3. The largest absolute Gasteiger partial charge is 0.457 e. The Kier molecular flexibility index (Phi) is 5.32. The van der Waals surface area contributed by atoms with Crippen LogP contribution >= 0.6 is 11.6 Å². The van der Waals surface area contributed by atoms with E-state index in [-0.39, 0.29) is 5.91 Å². The third-order valence-corrected chi connectivity index (χ3v) is 5.29. The number of para-hydroxylation sites is 2. The van der Waals surface area contributed by atoms with Crippen LogP contribution in [-0.2, 0) is 4.79 Å². The molecule has 5 nitrogen and oxygen atoms in total. The van der Waals surface area contributed by atoms with Crippen molar-refractivity contribution >= 4 is 40.3 Å². The fraction of sp³-hybridized carbons (Fsp3) is 0. The Morgan fingerprint density at radius 3 is 2.62 bits per heavy atom. The van der Waals surface area contributed by atoms with E-state index in [1.54, 1.807) is 24.3 Å². The number of carbonyl (C=O) groups is 1. The van der Waals surface area contributed by atoms with Crippen molar-refractivity contribution in [3.63, 3.8) is 0 Å². The molecule has 5 rings (SSSR count). The molecule has 0 radical (unpaired) electrons. The lowest BCUT2D eigenvalue weighted by atomic mass is 10.2. The molecule has 1 amide bonds. The molecule has 0 bridgehead atoms. The van der Waals surface area contributed by atoms with E-state index in [0.717, 1.165) is 22.4 Å². The van der Waals surface area contributed by atoms with Crippen LogP contribution < -0.4 is 5.32 Å². The number of H-pyrrole nitrogens is 1. The van der Waals surface area contributed by atoms with Gasteiger partial charge in [0.05, 0.1) is 16.1 Å². The molecule has 0 aliphatic rings. The maximum Gasteiger partial charge on any atom is 0.248 e. The molecule has 156 valence electrons. The summed E-state index contributed by atoms with van der Waals surface area (Å²) in [5, 5.41) is 3.40. The highest BCUT2D eigenvalue weighted by atomic mass is 35.5. The molecular formula is C26H18ClN3O2. The molecule has 2 N–H and O–H groups in total. The molecule has 0 saturated heterocycles. The number of carbonyl (C=O) groups excluding carboxylic acids is 1. The van der Waals surface area contributed by atoms with Gasteiger partial charge in [0.1, 0.15) is 17.3 Å². The highest BCUT2D eigenvalue weighted by Gasteiger charge is 2.11.